The van der Waals surface area contributed by atoms with E-state index in [4.69, 9.17) is 39.5 Å². The molecule has 0 fully saturated rings. The normalized spacial score (nSPS) is 10.3. The van der Waals surface area contributed by atoms with E-state index < -0.39 is 0 Å². The Hall–Kier alpha value is -0.960. The molecule has 0 aliphatic heterocycles. The first-order valence-corrected chi connectivity index (χ1v) is 6.12. The number of alkyl halides is 1. The smallest absolute Gasteiger partial charge is 0.223 e. The molecule has 0 atom stereocenters. The van der Waals surface area contributed by atoms with Crippen molar-refractivity contribution in [2.75, 3.05) is 0 Å². The second-order valence-corrected chi connectivity index (χ2v) is 4.36. The van der Waals surface area contributed by atoms with Crippen molar-refractivity contribution in [2.24, 2.45) is 0 Å². The number of ether oxygens (including phenoxy) is 1. The van der Waals surface area contributed by atoms with Gasteiger partial charge in [0.2, 0.25) is 5.88 Å². The van der Waals surface area contributed by atoms with Crippen molar-refractivity contribution in [3.05, 3.63) is 52.1 Å². The highest BCUT2D eigenvalue weighted by atomic mass is 35.5. The maximum absolute atomic E-state index is 5.90. The Balaban J connectivity index is 2.28. The number of halogens is 3. The van der Waals surface area contributed by atoms with Gasteiger partial charge in [0.15, 0.2) is 0 Å². The molecule has 5 heteroatoms. The van der Waals surface area contributed by atoms with Gasteiger partial charge in [-0.05, 0) is 18.2 Å². The third-order valence-corrected chi connectivity index (χ3v) is 3.13. The van der Waals surface area contributed by atoms with E-state index >= 15 is 0 Å². The largest absolute Gasteiger partial charge is 0.439 e. The summed E-state index contributed by atoms with van der Waals surface area (Å²) in [6.45, 7) is 0. The molecule has 0 spiro atoms. The highest BCUT2D eigenvalue weighted by Crippen LogP contribution is 2.30. The number of rotatable bonds is 3. The molecule has 0 aliphatic carbocycles. The highest BCUT2D eigenvalue weighted by Gasteiger charge is 2.06. The molecule has 0 N–H and O–H groups in total. The summed E-state index contributed by atoms with van der Waals surface area (Å²) in [6, 6.07) is 8.69. The van der Waals surface area contributed by atoms with Crippen LogP contribution in [-0.2, 0) is 5.88 Å². The summed E-state index contributed by atoms with van der Waals surface area (Å²) in [6.07, 6.45) is 1.64. The summed E-state index contributed by atoms with van der Waals surface area (Å²) >= 11 is 17.5. The summed E-state index contributed by atoms with van der Waals surface area (Å²) in [4.78, 5) is 4.11. The van der Waals surface area contributed by atoms with Crippen LogP contribution < -0.4 is 4.74 Å². The molecule has 0 amide bonds. The summed E-state index contributed by atoms with van der Waals surface area (Å²) < 4.78 is 5.60. The fourth-order valence-corrected chi connectivity index (χ4v) is 1.76. The SMILES string of the molecule is ClCc1cccnc1Oc1ccc(Cl)c(Cl)c1. The zero-order valence-corrected chi connectivity index (χ0v) is 10.9. The molecule has 1 aromatic heterocycles. The molecular weight excluding hydrogens is 280 g/mol. The van der Waals surface area contributed by atoms with Crippen LogP contribution in [0, 0.1) is 0 Å². The van der Waals surface area contributed by atoms with E-state index in [0.29, 0.717) is 27.6 Å². The van der Waals surface area contributed by atoms with Gasteiger partial charge in [-0.1, -0.05) is 29.3 Å². The van der Waals surface area contributed by atoms with Crippen LogP contribution in [0.1, 0.15) is 5.56 Å². The van der Waals surface area contributed by atoms with Gasteiger partial charge in [-0.3, -0.25) is 0 Å². The molecule has 1 heterocycles. The number of hydrogen-bond donors (Lipinski definition) is 0. The van der Waals surface area contributed by atoms with Crippen molar-refractivity contribution in [3.63, 3.8) is 0 Å². The molecule has 0 saturated heterocycles. The van der Waals surface area contributed by atoms with E-state index in [1.54, 1.807) is 30.5 Å². The van der Waals surface area contributed by atoms with Gasteiger partial charge in [0.1, 0.15) is 5.75 Å². The lowest BCUT2D eigenvalue weighted by Gasteiger charge is -2.08. The number of benzene rings is 1. The van der Waals surface area contributed by atoms with Crippen LogP contribution in [0.15, 0.2) is 36.5 Å². The molecule has 0 aliphatic rings. The van der Waals surface area contributed by atoms with E-state index in [1.165, 1.54) is 0 Å². The third kappa shape index (κ3) is 3.03. The Morgan fingerprint density at radius 1 is 1.12 bits per heavy atom. The monoisotopic (exact) mass is 287 g/mol. The van der Waals surface area contributed by atoms with Gasteiger partial charge in [-0.25, -0.2) is 4.98 Å². The minimum atomic E-state index is 0.338. The maximum Gasteiger partial charge on any atom is 0.223 e. The lowest BCUT2D eigenvalue weighted by molar-refractivity contribution is 0.458. The van der Waals surface area contributed by atoms with Crippen LogP contribution >= 0.6 is 34.8 Å². The predicted molar refractivity (Wildman–Crippen MR) is 70.3 cm³/mol. The van der Waals surface area contributed by atoms with Gasteiger partial charge in [-0.2, -0.15) is 0 Å². The molecule has 0 unspecified atom stereocenters. The van der Waals surface area contributed by atoms with Crippen LogP contribution in [0.25, 0.3) is 0 Å². The minimum absolute atomic E-state index is 0.338. The molecule has 0 radical (unpaired) electrons. The van der Waals surface area contributed by atoms with Crippen LogP contribution in [0.3, 0.4) is 0 Å². The minimum Gasteiger partial charge on any atom is -0.439 e. The van der Waals surface area contributed by atoms with Gasteiger partial charge >= 0.3 is 0 Å². The first-order chi connectivity index (χ1) is 8.20. The summed E-state index contributed by atoms with van der Waals surface area (Å²) in [5.74, 6) is 1.38. The molecule has 0 bridgehead atoms. The predicted octanol–water partition coefficient (Wildman–Crippen LogP) is 4.92. The fourth-order valence-electron chi connectivity index (χ4n) is 1.27. The van der Waals surface area contributed by atoms with Crippen LogP contribution in [0.5, 0.6) is 11.6 Å². The Kier molecular flexibility index (Phi) is 4.11. The van der Waals surface area contributed by atoms with E-state index in [1.807, 2.05) is 6.07 Å². The van der Waals surface area contributed by atoms with Crippen molar-refractivity contribution in [1.82, 2.24) is 4.98 Å². The van der Waals surface area contributed by atoms with Gasteiger partial charge in [0.05, 0.1) is 15.9 Å². The number of aromatic nitrogens is 1. The molecule has 1 aromatic carbocycles. The van der Waals surface area contributed by atoms with Crippen LogP contribution in [-0.4, -0.2) is 4.98 Å². The summed E-state index contributed by atoms with van der Waals surface area (Å²) in [5, 5.41) is 0.921. The van der Waals surface area contributed by atoms with Gasteiger partial charge < -0.3 is 4.74 Å². The van der Waals surface area contributed by atoms with Gasteiger partial charge in [-0.15, -0.1) is 11.6 Å². The first kappa shape index (κ1) is 12.5. The van der Waals surface area contributed by atoms with E-state index in [2.05, 4.69) is 4.98 Å². The van der Waals surface area contributed by atoms with E-state index in [0.717, 1.165) is 5.56 Å². The zero-order valence-electron chi connectivity index (χ0n) is 8.66. The first-order valence-electron chi connectivity index (χ1n) is 4.83. The quantitative estimate of drug-likeness (QED) is 0.748. The van der Waals surface area contributed by atoms with Gasteiger partial charge in [0, 0.05) is 17.8 Å². The number of pyridine rings is 1. The highest BCUT2D eigenvalue weighted by molar-refractivity contribution is 6.42. The zero-order chi connectivity index (χ0) is 12.3. The second-order valence-electron chi connectivity index (χ2n) is 3.28. The molecule has 0 saturated carbocycles. The topological polar surface area (TPSA) is 22.1 Å². The van der Waals surface area contributed by atoms with E-state index in [-0.39, 0.29) is 0 Å². The molecule has 17 heavy (non-hydrogen) atoms. The molecule has 2 nitrogen and oxygen atoms in total. The van der Waals surface area contributed by atoms with Crippen molar-refractivity contribution in [3.8, 4) is 11.6 Å². The van der Waals surface area contributed by atoms with E-state index in [9.17, 15) is 0 Å². The maximum atomic E-state index is 5.90. The lowest BCUT2D eigenvalue weighted by atomic mass is 10.3. The summed E-state index contributed by atoms with van der Waals surface area (Å²) in [5.41, 5.74) is 0.820. The number of hydrogen-bond acceptors (Lipinski definition) is 2. The van der Waals surface area contributed by atoms with Crippen molar-refractivity contribution in [2.45, 2.75) is 5.88 Å². The Morgan fingerprint density at radius 3 is 2.65 bits per heavy atom. The molecule has 88 valence electrons. The second kappa shape index (κ2) is 5.58. The molecular formula is C12H8Cl3NO. The average Bonchev–Trinajstić information content (AvgIpc) is 2.34. The van der Waals surface area contributed by atoms with Crippen molar-refractivity contribution < 1.29 is 4.74 Å². The van der Waals surface area contributed by atoms with Gasteiger partial charge in [0.25, 0.3) is 0 Å². The average molecular weight is 289 g/mol. The van der Waals surface area contributed by atoms with Crippen LogP contribution in [0.4, 0.5) is 0 Å². The Labute approximate surface area is 114 Å². The van der Waals surface area contributed by atoms with Crippen molar-refractivity contribution >= 4 is 34.8 Å². The van der Waals surface area contributed by atoms with Crippen molar-refractivity contribution in [1.29, 1.82) is 0 Å². The standard InChI is InChI=1S/C12H8Cl3NO/c13-7-8-2-1-5-16-12(8)17-9-3-4-10(14)11(15)6-9/h1-6H,7H2. The molecule has 2 aromatic rings. The molecule has 2 rings (SSSR count). The Bertz CT molecular complexity index is 531. The summed E-state index contributed by atoms with van der Waals surface area (Å²) in [7, 11) is 0. The third-order valence-electron chi connectivity index (χ3n) is 2.10. The number of nitrogens with zero attached hydrogens (tertiary/aromatic N) is 1. The lowest BCUT2D eigenvalue weighted by Crippen LogP contribution is -1.92. The Morgan fingerprint density at radius 2 is 1.94 bits per heavy atom. The van der Waals surface area contributed by atoms with Crippen LogP contribution in [0.2, 0.25) is 10.0 Å². The fraction of sp³-hybridized carbons (Fsp3) is 0.0833.